The Morgan fingerprint density at radius 3 is 2.47 bits per heavy atom. The summed E-state index contributed by atoms with van der Waals surface area (Å²) in [4.78, 5) is 12.6. The molecule has 0 bridgehead atoms. The zero-order valence-corrected chi connectivity index (χ0v) is 11.1. The highest BCUT2D eigenvalue weighted by Crippen LogP contribution is 2.49. The average molecular weight is 266 g/mol. The zero-order valence-electron chi connectivity index (χ0n) is 10.3. The van der Waals surface area contributed by atoms with E-state index < -0.39 is 0 Å². The molecular formula is C16H10O2S. The monoisotopic (exact) mass is 266 g/mol. The summed E-state index contributed by atoms with van der Waals surface area (Å²) in [5.41, 5.74) is 3.59. The smallest absolute Gasteiger partial charge is 0.194 e. The largest absolute Gasteiger partial charge is 0.487 e. The summed E-state index contributed by atoms with van der Waals surface area (Å²) in [6.07, 6.45) is 0. The van der Waals surface area contributed by atoms with Crippen LogP contribution in [-0.2, 0) is 0 Å². The van der Waals surface area contributed by atoms with Gasteiger partial charge in [-0.15, -0.1) is 0 Å². The van der Waals surface area contributed by atoms with Gasteiger partial charge in [-0.3, -0.25) is 4.79 Å². The topological polar surface area (TPSA) is 26.3 Å². The molecule has 0 saturated heterocycles. The standard InChI is InChI=1S/C16H10O2S/c1-18-16-14-9-5-2-3-6-10(9)15(17)11-7-4-8-12(19-16)13(11)14/h2-8H,1H3. The first-order valence-corrected chi connectivity index (χ1v) is 6.86. The highest BCUT2D eigenvalue weighted by Gasteiger charge is 2.28. The van der Waals surface area contributed by atoms with Crippen molar-refractivity contribution in [2.75, 3.05) is 7.11 Å². The number of fused-ring (bicyclic) bond motifs is 2. The van der Waals surface area contributed by atoms with E-state index in [4.69, 9.17) is 4.74 Å². The summed E-state index contributed by atoms with van der Waals surface area (Å²) in [6.45, 7) is 0. The summed E-state index contributed by atoms with van der Waals surface area (Å²) in [5, 5.41) is 1.91. The van der Waals surface area contributed by atoms with Crippen LogP contribution in [0.25, 0.3) is 21.2 Å². The molecule has 0 amide bonds. The van der Waals surface area contributed by atoms with Crippen LogP contribution in [0.4, 0.5) is 0 Å². The van der Waals surface area contributed by atoms with Gasteiger partial charge >= 0.3 is 0 Å². The lowest BCUT2D eigenvalue weighted by Gasteiger charge is -2.16. The van der Waals surface area contributed by atoms with E-state index >= 15 is 0 Å². The van der Waals surface area contributed by atoms with Crippen LogP contribution in [0.5, 0.6) is 5.06 Å². The Morgan fingerprint density at radius 2 is 1.68 bits per heavy atom. The van der Waals surface area contributed by atoms with E-state index in [0.29, 0.717) is 0 Å². The molecule has 3 aromatic rings. The van der Waals surface area contributed by atoms with E-state index in [1.165, 1.54) is 0 Å². The van der Waals surface area contributed by atoms with Crippen LogP contribution in [0.2, 0.25) is 0 Å². The molecule has 0 aliphatic heterocycles. The second-order valence-electron chi connectivity index (χ2n) is 4.52. The van der Waals surface area contributed by atoms with Crippen molar-refractivity contribution in [3.8, 4) is 16.2 Å². The molecule has 0 saturated carbocycles. The molecule has 2 nitrogen and oxygen atoms in total. The van der Waals surface area contributed by atoms with Crippen molar-refractivity contribution in [2.24, 2.45) is 0 Å². The highest BCUT2D eigenvalue weighted by atomic mass is 32.1. The summed E-state index contributed by atoms with van der Waals surface area (Å²) in [5.74, 6) is 0.106. The van der Waals surface area contributed by atoms with Crippen molar-refractivity contribution in [1.29, 1.82) is 0 Å². The lowest BCUT2D eigenvalue weighted by Crippen LogP contribution is -2.08. The normalized spacial score (nSPS) is 12.6. The number of ether oxygens (including phenoxy) is 1. The maximum absolute atomic E-state index is 12.6. The highest BCUT2D eigenvalue weighted by molar-refractivity contribution is 7.21. The van der Waals surface area contributed by atoms with Crippen LogP contribution in [0.1, 0.15) is 15.9 Å². The number of hydrogen-bond acceptors (Lipinski definition) is 3. The van der Waals surface area contributed by atoms with Crippen LogP contribution in [0.3, 0.4) is 0 Å². The Balaban J connectivity index is 2.26. The van der Waals surface area contributed by atoms with Crippen LogP contribution < -0.4 is 4.74 Å². The SMILES string of the molecule is COc1sc2cccc3c2c1-c1ccccc1C3=O. The van der Waals surface area contributed by atoms with Crippen LogP contribution in [0, 0.1) is 0 Å². The van der Waals surface area contributed by atoms with E-state index in [1.54, 1.807) is 18.4 Å². The lowest BCUT2D eigenvalue weighted by atomic mass is 9.86. The summed E-state index contributed by atoms with van der Waals surface area (Å²) >= 11 is 1.59. The van der Waals surface area contributed by atoms with Crippen LogP contribution in [0.15, 0.2) is 42.5 Å². The molecule has 0 unspecified atom stereocenters. The summed E-state index contributed by atoms with van der Waals surface area (Å²) in [6, 6.07) is 13.6. The Labute approximate surface area is 114 Å². The van der Waals surface area contributed by atoms with Gasteiger partial charge in [-0.2, -0.15) is 0 Å². The van der Waals surface area contributed by atoms with Crippen molar-refractivity contribution in [2.45, 2.75) is 0 Å². The first-order chi connectivity index (χ1) is 9.31. The average Bonchev–Trinajstić information content (AvgIpc) is 2.84. The fraction of sp³-hybridized carbons (Fsp3) is 0.0625. The van der Waals surface area contributed by atoms with E-state index in [2.05, 4.69) is 0 Å². The first-order valence-electron chi connectivity index (χ1n) is 6.05. The van der Waals surface area contributed by atoms with Gasteiger partial charge in [0.25, 0.3) is 0 Å². The van der Waals surface area contributed by atoms with Gasteiger partial charge in [-0.1, -0.05) is 47.7 Å². The number of hydrogen-bond donors (Lipinski definition) is 0. The molecule has 1 aromatic heterocycles. The summed E-state index contributed by atoms with van der Waals surface area (Å²) < 4.78 is 6.61. The van der Waals surface area contributed by atoms with Gasteiger partial charge < -0.3 is 4.74 Å². The predicted octanol–water partition coefficient (Wildman–Crippen LogP) is 4.12. The van der Waals surface area contributed by atoms with Gasteiger partial charge in [0, 0.05) is 26.8 Å². The number of rotatable bonds is 1. The fourth-order valence-electron chi connectivity index (χ4n) is 2.75. The minimum atomic E-state index is 0.106. The third-order valence-electron chi connectivity index (χ3n) is 3.55. The molecule has 19 heavy (non-hydrogen) atoms. The number of ketones is 1. The molecule has 2 aromatic carbocycles. The first kappa shape index (κ1) is 10.8. The number of carbonyl (C=O) groups excluding carboxylic acids is 1. The molecular weight excluding hydrogens is 256 g/mol. The minimum absolute atomic E-state index is 0.106. The van der Waals surface area contributed by atoms with Gasteiger partial charge in [0.1, 0.15) is 0 Å². The van der Waals surface area contributed by atoms with E-state index in [0.717, 1.165) is 37.4 Å². The van der Waals surface area contributed by atoms with E-state index in [9.17, 15) is 4.79 Å². The second-order valence-corrected chi connectivity index (χ2v) is 5.54. The summed E-state index contributed by atoms with van der Waals surface area (Å²) in [7, 11) is 1.68. The maximum Gasteiger partial charge on any atom is 0.194 e. The number of benzene rings is 2. The third-order valence-corrected chi connectivity index (χ3v) is 4.67. The molecule has 0 N–H and O–H groups in total. The lowest BCUT2D eigenvalue weighted by molar-refractivity contribution is 0.104. The Kier molecular flexibility index (Phi) is 2.09. The molecule has 1 heterocycles. The number of carbonyl (C=O) groups is 1. The molecule has 3 heteroatoms. The third kappa shape index (κ3) is 1.28. The quantitative estimate of drug-likeness (QED) is 0.518. The van der Waals surface area contributed by atoms with E-state index in [-0.39, 0.29) is 5.78 Å². The molecule has 1 aliphatic rings. The fourth-order valence-corrected chi connectivity index (χ4v) is 3.81. The van der Waals surface area contributed by atoms with Crippen molar-refractivity contribution < 1.29 is 9.53 Å². The van der Waals surface area contributed by atoms with Gasteiger partial charge in [0.2, 0.25) is 0 Å². The predicted molar refractivity (Wildman–Crippen MR) is 77.2 cm³/mol. The molecule has 0 radical (unpaired) electrons. The van der Waals surface area contributed by atoms with Gasteiger partial charge in [0.05, 0.1) is 7.11 Å². The van der Waals surface area contributed by atoms with Crippen LogP contribution in [-0.4, -0.2) is 12.9 Å². The van der Waals surface area contributed by atoms with Crippen LogP contribution >= 0.6 is 11.3 Å². The molecule has 0 spiro atoms. The zero-order chi connectivity index (χ0) is 13.0. The molecule has 92 valence electrons. The molecule has 1 aliphatic carbocycles. The van der Waals surface area contributed by atoms with Crippen molar-refractivity contribution in [3.63, 3.8) is 0 Å². The van der Waals surface area contributed by atoms with Gasteiger partial charge in [-0.05, 0) is 11.6 Å². The Morgan fingerprint density at radius 1 is 0.947 bits per heavy atom. The number of methoxy groups -OCH3 is 1. The second kappa shape index (κ2) is 3.68. The minimum Gasteiger partial charge on any atom is -0.487 e. The van der Waals surface area contributed by atoms with Gasteiger partial charge in [0.15, 0.2) is 10.8 Å². The maximum atomic E-state index is 12.6. The number of thiophene rings is 1. The Hall–Kier alpha value is -2.13. The molecule has 4 rings (SSSR count). The van der Waals surface area contributed by atoms with Crippen molar-refractivity contribution >= 4 is 27.2 Å². The van der Waals surface area contributed by atoms with Gasteiger partial charge in [-0.25, -0.2) is 0 Å². The van der Waals surface area contributed by atoms with E-state index in [1.807, 2.05) is 42.5 Å². The Bertz CT molecular complexity index is 830. The van der Waals surface area contributed by atoms with Crippen molar-refractivity contribution in [3.05, 3.63) is 53.6 Å². The molecule has 0 atom stereocenters. The molecule has 0 fully saturated rings. The van der Waals surface area contributed by atoms with Crippen molar-refractivity contribution in [1.82, 2.24) is 0 Å².